The van der Waals surface area contributed by atoms with Crippen molar-refractivity contribution in [3.8, 4) is 17.3 Å². The van der Waals surface area contributed by atoms with E-state index in [0.29, 0.717) is 0 Å². The van der Waals surface area contributed by atoms with Crippen LogP contribution in [0.1, 0.15) is 25.1 Å². The van der Waals surface area contributed by atoms with Crippen molar-refractivity contribution >= 4 is 26.6 Å². The molecular weight excluding hydrogens is 521 g/mol. The normalized spacial score (nSPS) is 11.8. The summed E-state index contributed by atoms with van der Waals surface area (Å²) in [5.74, 6) is -1.83. The van der Waals surface area contributed by atoms with E-state index in [2.05, 4.69) is 15.0 Å². The fourth-order valence-corrected chi connectivity index (χ4v) is 4.27. The zero-order valence-corrected chi connectivity index (χ0v) is 20.4. The highest BCUT2D eigenvalue weighted by Gasteiger charge is 2.33. The molecule has 4 aromatic rings. The van der Waals surface area contributed by atoms with Crippen molar-refractivity contribution in [1.29, 1.82) is 5.41 Å². The smallest absolute Gasteiger partial charge is 0.433 e. The van der Waals surface area contributed by atoms with Crippen LogP contribution in [0.4, 0.5) is 22.0 Å². The first kappa shape index (κ1) is 27.6. The summed E-state index contributed by atoms with van der Waals surface area (Å²) >= 11 is 0. The Labute approximate surface area is 207 Å². The highest BCUT2D eigenvalue weighted by atomic mass is 32.2. The van der Waals surface area contributed by atoms with Gasteiger partial charge in [-0.05, 0) is 25.1 Å². The van der Waals surface area contributed by atoms with E-state index in [0.717, 1.165) is 42.7 Å². The third kappa shape index (κ3) is 6.07. The van der Waals surface area contributed by atoms with Gasteiger partial charge in [0.05, 0.1) is 34.1 Å². The molecule has 0 amide bonds. The Bertz CT molecular complexity index is 1580. The number of fused-ring (bicyclic) bond motifs is 1. The van der Waals surface area contributed by atoms with Gasteiger partial charge in [-0.3, -0.25) is 0 Å². The Hall–Kier alpha value is -3.94. The van der Waals surface area contributed by atoms with Crippen molar-refractivity contribution in [2.75, 3.05) is 5.75 Å². The van der Waals surface area contributed by atoms with Gasteiger partial charge in [0.2, 0.25) is 0 Å². The molecule has 0 aliphatic rings. The predicted molar refractivity (Wildman–Crippen MR) is 125 cm³/mol. The fraction of sp³-hybridized carbons (Fsp3) is 0.217. The Balaban J connectivity index is 0.000000289. The Morgan fingerprint density at radius 3 is 2.22 bits per heavy atom. The van der Waals surface area contributed by atoms with Gasteiger partial charge < -0.3 is 15.1 Å². The van der Waals surface area contributed by atoms with Gasteiger partial charge >= 0.3 is 6.18 Å². The van der Waals surface area contributed by atoms with Crippen LogP contribution in [0, 0.1) is 17.0 Å². The molecule has 0 spiro atoms. The van der Waals surface area contributed by atoms with Crippen molar-refractivity contribution in [2.45, 2.75) is 24.9 Å². The minimum atomic E-state index is -4.63. The number of sulfone groups is 1. The van der Waals surface area contributed by atoms with Crippen LogP contribution in [0.5, 0.6) is 5.75 Å². The summed E-state index contributed by atoms with van der Waals surface area (Å²) in [4.78, 5) is 11.2. The molecule has 0 saturated heterocycles. The largest absolute Gasteiger partial charge is 0.506 e. The van der Waals surface area contributed by atoms with Crippen LogP contribution in [-0.2, 0) is 23.1 Å². The molecular formula is C23H20F5N5O3S. The van der Waals surface area contributed by atoms with E-state index < -0.39 is 33.3 Å². The summed E-state index contributed by atoms with van der Waals surface area (Å²) in [7, 11) is -2.25. The Kier molecular flexibility index (Phi) is 7.62. The number of aromatic hydroxyl groups is 1. The first-order chi connectivity index (χ1) is 17.1. The molecule has 0 unspecified atom stereocenters. The lowest BCUT2D eigenvalue weighted by atomic mass is 10.1. The molecule has 0 aliphatic heterocycles. The van der Waals surface area contributed by atoms with Crippen LogP contribution in [0.3, 0.4) is 0 Å². The number of hydrogen-bond donors (Lipinski definition) is 2. The van der Waals surface area contributed by atoms with Crippen LogP contribution in [-0.4, -0.2) is 44.5 Å². The minimum Gasteiger partial charge on any atom is -0.506 e. The van der Waals surface area contributed by atoms with E-state index in [1.807, 2.05) is 0 Å². The maximum Gasteiger partial charge on any atom is 0.433 e. The van der Waals surface area contributed by atoms with E-state index in [1.165, 1.54) is 25.5 Å². The number of benzene rings is 1. The molecule has 1 aromatic carbocycles. The molecule has 0 aliphatic carbocycles. The fourth-order valence-electron chi connectivity index (χ4n) is 3.22. The number of rotatable bonds is 4. The molecule has 0 atom stereocenters. The zero-order valence-electron chi connectivity index (χ0n) is 19.6. The van der Waals surface area contributed by atoms with Gasteiger partial charge in [0, 0.05) is 30.5 Å². The lowest BCUT2D eigenvalue weighted by molar-refractivity contribution is -0.141. The van der Waals surface area contributed by atoms with Gasteiger partial charge in [0.1, 0.15) is 28.8 Å². The highest BCUT2D eigenvalue weighted by molar-refractivity contribution is 7.91. The van der Waals surface area contributed by atoms with E-state index in [4.69, 9.17) is 5.41 Å². The average molecular weight is 542 g/mol. The van der Waals surface area contributed by atoms with Gasteiger partial charge in [-0.1, -0.05) is 6.92 Å². The van der Waals surface area contributed by atoms with E-state index in [9.17, 15) is 35.5 Å². The van der Waals surface area contributed by atoms with E-state index in [-0.39, 0.29) is 50.2 Å². The minimum absolute atomic E-state index is 0.000420. The van der Waals surface area contributed by atoms with Gasteiger partial charge in [-0.15, -0.1) is 0 Å². The number of nitrogens with zero attached hydrogens (tertiary/aromatic N) is 4. The lowest BCUT2D eigenvalue weighted by Gasteiger charge is -2.09. The summed E-state index contributed by atoms with van der Waals surface area (Å²) in [6, 6.07) is 4.87. The summed E-state index contributed by atoms with van der Waals surface area (Å²) in [6.45, 7) is 2.91. The lowest BCUT2D eigenvalue weighted by Crippen LogP contribution is -2.08. The number of halogens is 5. The molecule has 2 N–H and O–H groups in total. The second-order valence-electron chi connectivity index (χ2n) is 7.78. The standard InChI is InChI=1S/C15H13F3N4O3S.C8H7F2N/c1-3-26(24,25)11-4-8(23)6-20-13(11)14-21-9-5-12(15(16,17)18)19-7-10(9)22(14)2;1-5(11)6-2-7(9)4-8(10)3-6/h4-7,23H,3H2,1-2H3;2-4,11H,1H3. The predicted octanol–water partition coefficient (Wildman–Crippen LogP) is 4.90. The zero-order chi connectivity index (χ0) is 27.7. The SMILES string of the molecule is CC(=N)c1cc(F)cc(F)c1.CCS(=O)(=O)c1cc(O)cnc1-c1nc2cc(C(F)(F)F)ncc2n1C. The number of pyridine rings is 2. The van der Waals surface area contributed by atoms with Crippen LogP contribution >= 0.6 is 0 Å². The molecule has 3 heterocycles. The topological polar surface area (TPSA) is 122 Å². The molecule has 196 valence electrons. The molecule has 8 nitrogen and oxygen atoms in total. The van der Waals surface area contributed by atoms with Crippen molar-refractivity contribution < 1.29 is 35.5 Å². The molecule has 3 aromatic heterocycles. The number of aryl methyl sites for hydroxylation is 1. The Morgan fingerprint density at radius 1 is 1.05 bits per heavy atom. The third-order valence-corrected chi connectivity index (χ3v) is 6.86. The van der Waals surface area contributed by atoms with Crippen LogP contribution in [0.25, 0.3) is 22.6 Å². The van der Waals surface area contributed by atoms with Crippen molar-refractivity contribution in [3.63, 3.8) is 0 Å². The maximum atomic E-state index is 12.8. The molecule has 0 bridgehead atoms. The molecule has 14 heteroatoms. The van der Waals surface area contributed by atoms with Crippen LogP contribution < -0.4 is 0 Å². The first-order valence-corrected chi connectivity index (χ1v) is 12.1. The quantitative estimate of drug-likeness (QED) is 0.280. The maximum absolute atomic E-state index is 12.8. The molecule has 0 fully saturated rings. The third-order valence-electron chi connectivity index (χ3n) is 5.12. The van der Waals surface area contributed by atoms with Crippen LogP contribution in [0.2, 0.25) is 0 Å². The second-order valence-corrected chi connectivity index (χ2v) is 10.0. The van der Waals surface area contributed by atoms with Crippen molar-refractivity contribution in [1.82, 2.24) is 19.5 Å². The number of nitrogens with one attached hydrogen (secondary N) is 1. The van der Waals surface area contributed by atoms with Crippen LogP contribution in [0.15, 0.2) is 47.6 Å². The van der Waals surface area contributed by atoms with Crippen molar-refractivity contribution in [2.24, 2.45) is 7.05 Å². The van der Waals surface area contributed by atoms with E-state index in [1.54, 1.807) is 0 Å². The number of alkyl halides is 3. The second kappa shape index (κ2) is 10.2. The van der Waals surface area contributed by atoms with Gasteiger partial charge in [-0.2, -0.15) is 13.2 Å². The summed E-state index contributed by atoms with van der Waals surface area (Å²) in [5, 5.41) is 16.7. The van der Waals surface area contributed by atoms with Crippen molar-refractivity contribution in [3.05, 3.63) is 65.6 Å². The summed E-state index contributed by atoms with van der Waals surface area (Å²) in [6.07, 6.45) is -2.56. The monoisotopic (exact) mass is 541 g/mol. The molecule has 0 radical (unpaired) electrons. The first-order valence-electron chi connectivity index (χ1n) is 10.5. The van der Waals surface area contributed by atoms with Gasteiger partial charge in [0.15, 0.2) is 15.7 Å². The van der Waals surface area contributed by atoms with E-state index >= 15 is 0 Å². The molecule has 0 saturated carbocycles. The number of aromatic nitrogens is 4. The molecule has 4 rings (SSSR count). The Morgan fingerprint density at radius 2 is 1.68 bits per heavy atom. The number of imidazole rings is 1. The summed E-state index contributed by atoms with van der Waals surface area (Å²) < 4.78 is 89.4. The molecule has 37 heavy (non-hydrogen) atoms. The van der Waals surface area contributed by atoms with Gasteiger partial charge in [0.25, 0.3) is 0 Å². The number of hydrogen-bond acceptors (Lipinski definition) is 7. The summed E-state index contributed by atoms with van der Waals surface area (Å²) in [5.41, 5.74) is -0.445. The average Bonchev–Trinajstić information content (AvgIpc) is 3.14. The van der Waals surface area contributed by atoms with Gasteiger partial charge in [-0.25, -0.2) is 32.2 Å². The highest BCUT2D eigenvalue weighted by Crippen LogP contribution is 2.33.